The normalized spacial score (nSPS) is 27.5. The topological polar surface area (TPSA) is 152 Å². The number of halogens is 3. The molecule has 6 N–H and O–H groups in total. The average Bonchev–Trinajstić information content (AvgIpc) is 3.14. The number of alkyl halides is 1. The van der Waals surface area contributed by atoms with Crippen molar-refractivity contribution in [2.24, 2.45) is 17.8 Å². The fourth-order valence-electron chi connectivity index (χ4n) is 4.60. The van der Waals surface area contributed by atoms with Gasteiger partial charge in [0.1, 0.15) is 23.5 Å². The largest absolute Gasteiger partial charge is 0.481 e. The highest BCUT2D eigenvalue weighted by molar-refractivity contribution is 6.11. The minimum Gasteiger partial charge on any atom is -0.481 e. The van der Waals surface area contributed by atoms with Crippen LogP contribution >= 0.6 is 0 Å². The molecule has 3 aliphatic rings. The molecule has 3 saturated carbocycles. The number of aliphatic carboxylic acids is 1. The van der Waals surface area contributed by atoms with Crippen LogP contribution in [0.2, 0.25) is 0 Å². The second kappa shape index (κ2) is 8.36. The molecule has 2 aromatic heterocycles. The monoisotopic (exact) mass is 448 g/mol. The third-order valence-corrected chi connectivity index (χ3v) is 6.40. The predicted molar refractivity (Wildman–Crippen MR) is 110 cm³/mol. The maximum atomic E-state index is 13.9. The van der Waals surface area contributed by atoms with Crippen LogP contribution in [0.25, 0.3) is 0 Å². The number of anilines is 2. The molecule has 0 aliphatic heterocycles. The smallest absolute Gasteiger partial charge is 0.306 e. The Bertz CT molecular complexity index is 1080. The van der Waals surface area contributed by atoms with E-state index in [9.17, 15) is 18.0 Å². The summed E-state index contributed by atoms with van der Waals surface area (Å²) in [6, 6.07) is 0.988. The summed E-state index contributed by atoms with van der Waals surface area (Å²) in [5.74, 6) is -2.41. The summed E-state index contributed by atoms with van der Waals surface area (Å²) in [7, 11) is 0. The van der Waals surface area contributed by atoms with E-state index in [0.717, 1.165) is 24.6 Å². The second-order valence-corrected chi connectivity index (χ2v) is 8.57. The van der Waals surface area contributed by atoms with Gasteiger partial charge in [-0.3, -0.25) is 10.2 Å². The van der Waals surface area contributed by atoms with Crippen LogP contribution in [-0.2, 0) is 4.79 Å². The van der Waals surface area contributed by atoms with Gasteiger partial charge in [0.15, 0.2) is 17.5 Å². The van der Waals surface area contributed by atoms with Crippen molar-refractivity contribution in [3.8, 4) is 0 Å². The number of fused-ring (bicyclic) bond motifs is 2. The Morgan fingerprint density at radius 2 is 1.84 bits per heavy atom. The molecule has 8 nitrogen and oxygen atoms in total. The van der Waals surface area contributed by atoms with Crippen LogP contribution in [0.4, 0.5) is 24.8 Å². The summed E-state index contributed by atoms with van der Waals surface area (Å²) in [6.07, 6.45) is 4.46. The number of nitrogen functional groups attached to an aromatic ring is 2. The van der Waals surface area contributed by atoms with E-state index in [0.29, 0.717) is 5.92 Å². The quantitative estimate of drug-likeness (QED) is 0.525. The number of hydrogen-bond donors (Lipinski definition) is 4. The van der Waals surface area contributed by atoms with Crippen LogP contribution in [0.5, 0.6) is 0 Å². The van der Waals surface area contributed by atoms with Gasteiger partial charge in [-0.25, -0.2) is 28.1 Å². The number of nitrogens with two attached hydrogens (primary N) is 2. The van der Waals surface area contributed by atoms with E-state index in [1.54, 1.807) is 0 Å². The average molecular weight is 448 g/mol. The molecule has 5 rings (SSSR count). The van der Waals surface area contributed by atoms with Gasteiger partial charge in [0, 0.05) is 11.5 Å². The maximum Gasteiger partial charge on any atom is 0.306 e. The molecule has 5 unspecified atom stereocenters. The Labute approximate surface area is 181 Å². The molecule has 0 saturated heterocycles. The third kappa shape index (κ3) is 4.23. The standard InChI is InChI=1S/C13H11F3N6.C8H12O2/c14-4-1-6(11(18)20-3-4)9(17)13-21-10(5-2-7(5)15)8(16)12(19)22-13;9-8(10)7-4-5-1-2-6(7)3-5/h1,3,5,7,17H,2H2,(H2,18,20)(H2,19,21,22);5-7H,1-4H2,(H,9,10). The van der Waals surface area contributed by atoms with E-state index < -0.39 is 35.5 Å². The number of nitrogens with one attached hydrogen (secondary N) is 1. The van der Waals surface area contributed by atoms with Crippen molar-refractivity contribution in [2.75, 3.05) is 11.5 Å². The predicted octanol–water partition coefficient (Wildman–Crippen LogP) is 3.06. The molecule has 32 heavy (non-hydrogen) atoms. The minimum absolute atomic E-state index is 0.0127. The Morgan fingerprint density at radius 1 is 1.12 bits per heavy atom. The highest BCUT2D eigenvalue weighted by Gasteiger charge is 2.43. The lowest BCUT2D eigenvalue weighted by Crippen LogP contribution is -2.19. The highest BCUT2D eigenvalue weighted by atomic mass is 19.1. The maximum absolute atomic E-state index is 13.9. The highest BCUT2D eigenvalue weighted by Crippen LogP contribution is 2.48. The molecule has 0 amide bonds. The fourth-order valence-corrected chi connectivity index (χ4v) is 4.60. The van der Waals surface area contributed by atoms with Gasteiger partial charge in [-0.2, -0.15) is 0 Å². The summed E-state index contributed by atoms with van der Waals surface area (Å²) >= 11 is 0. The summed E-state index contributed by atoms with van der Waals surface area (Å²) in [5, 5.41) is 16.7. The van der Waals surface area contributed by atoms with Crippen molar-refractivity contribution in [2.45, 2.75) is 44.2 Å². The number of hydrogen-bond acceptors (Lipinski definition) is 7. The number of carboxylic acid groups (broad SMARTS) is 1. The Kier molecular flexibility index (Phi) is 5.74. The molecule has 0 radical (unpaired) electrons. The lowest BCUT2D eigenvalue weighted by atomic mass is 9.89. The summed E-state index contributed by atoms with van der Waals surface area (Å²) < 4.78 is 40.3. The van der Waals surface area contributed by atoms with Crippen LogP contribution in [-0.4, -0.2) is 37.9 Å². The molecule has 3 fully saturated rings. The Morgan fingerprint density at radius 3 is 2.38 bits per heavy atom. The van der Waals surface area contributed by atoms with Crippen molar-refractivity contribution in [1.82, 2.24) is 15.0 Å². The van der Waals surface area contributed by atoms with Gasteiger partial charge in [-0.05, 0) is 43.6 Å². The van der Waals surface area contributed by atoms with Crippen LogP contribution in [0.15, 0.2) is 12.3 Å². The van der Waals surface area contributed by atoms with E-state index in [2.05, 4.69) is 15.0 Å². The summed E-state index contributed by atoms with van der Waals surface area (Å²) in [4.78, 5) is 21.7. The molecule has 0 spiro atoms. The van der Waals surface area contributed by atoms with Gasteiger partial charge in [-0.1, -0.05) is 6.42 Å². The van der Waals surface area contributed by atoms with E-state index in [1.165, 1.54) is 19.3 Å². The second-order valence-electron chi connectivity index (χ2n) is 8.57. The van der Waals surface area contributed by atoms with Gasteiger partial charge >= 0.3 is 5.97 Å². The van der Waals surface area contributed by atoms with Crippen molar-refractivity contribution in [3.63, 3.8) is 0 Å². The SMILES string of the molecule is N=C(c1nc(N)c(F)c(C2CC2F)n1)c1cc(F)cnc1N.O=C(O)C1CC2CCC1C2. The lowest BCUT2D eigenvalue weighted by molar-refractivity contribution is -0.143. The van der Waals surface area contributed by atoms with Gasteiger partial charge < -0.3 is 16.6 Å². The number of aromatic nitrogens is 3. The third-order valence-electron chi connectivity index (χ3n) is 6.40. The van der Waals surface area contributed by atoms with Gasteiger partial charge in [0.2, 0.25) is 0 Å². The number of nitrogens with zero attached hydrogens (tertiary/aromatic N) is 3. The van der Waals surface area contributed by atoms with Crippen molar-refractivity contribution < 1.29 is 23.1 Å². The van der Waals surface area contributed by atoms with Crippen LogP contribution in [0.3, 0.4) is 0 Å². The zero-order chi connectivity index (χ0) is 23.2. The van der Waals surface area contributed by atoms with Gasteiger partial charge in [-0.15, -0.1) is 0 Å². The molecule has 3 aliphatic carbocycles. The zero-order valence-electron chi connectivity index (χ0n) is 17.1. The number of rotatable bonds is 4. The van der Waals surface area contributed by atoms with Crippen LogP contribution in [0.1, 0.15) is 55.1 Å². The first-order valence-corrected chi connectivity index (χ1v) is 10.4. The zero-order valence-corrected chi connectivity index (χ0v) is 17.1. The van der Waals surface area contributed by atoms with Crippen molar-refractivity contribution >= 4 is 23.3 Å². The van der Waals surface area contributed by atoms with E-state index in [1.807, 2.05) is 0 Å². The molecule has 5 atom stereocenters. The molecule has 2 aromatic rings. The number of pyridine rings is 1. The molecule has 0 aromatic carbocycles. The first-order valence-electron chi connectivity index (χ1n) is 10.4. The molecule has 170 valence electrons. The fraction of sp³-hybridized carbons (Fsp3) is 0.476. The molecular weight excluding hydrogens is 425 g/mol. The van der Waals surface area contributed by atoms with E-state index in [4.69, 9.17) is 22.0 Å². The first-order chi connectivity index (χ1) is 15.2. The van der Waals surface area contributed by atoms with Gasteiger partial charge in [0.25, 0.3) is 0 Å². The Hall–Kier alpha value is -3.24. The molecule has 2 bridgehead atoms. The van der Waals surface area contributed by atoms with Gasteiger partial charge in [0.05, 0.1) is 17.8 Å². The summed E-state index contributed by atoms with van der Waals surface area (Å²) in [6.45, 7) is 0. The molecule has 2 heterocycles. The lowest BCUT2D eigenvalue weighted by Gasteiger charge is -2.16. The first kappa shape index (κ1) is 22.0. The summed E-state index contributed by atoms with van der Waals surface area (Å²) in [5.41, 5.74) is 10.4. The van der Waals surface area contributed by atoms with Crippen molar-refractivity contribution in [1.29, 1.82) is 5.41 Å². The van der Waals surface area contributed by atoms with E-state index in [-0.39, 0.29) is 41.0 Å². The number of carbonyl (C=O) groups is 1. The van der Waals surface area contributed by atoms with Crippen LogP contribution < -0.4 is 11.5 Å². The number of carboxylic acids is 1. The van der Waals surface area contributed by atoms with E-state index >= 15 is 0 Å². The van der Waals surface area contributed by atoms with Crippen LogP contribution in [0, 0.1) is 34.8 Å². The molecular formula is C21H23F3N6O2. The van der Waals surface area contributed by atoms with Crippen molar-refractivity contribution in [3.05, 3.63) is 41.0 Å². The minimum atomic E-state index is -1.19. The Balaban J connectivity index is 0.000000203. The molecule has 11 heteroatoms.